The Labute approximate surface area is 162 Å². The zero-order chi connectivity index (χ0) is 18.5. The number of rotatable bonds is 5. The lowest BCUT2D eigenvalue weighted by Crippen LogP contribution is -2.50. The summed E-state index contributed by atoms with van der Waals surface area (Å²) in [5.74, 6) is 0.224. The third-order valence-electron chi connectivity index (χ3n) is 5.86. The van der Waals surface area contributed by atoms with E-state index in [1.165, 1.54) is 11.3 Å². The zero-order valence-electron chi connectivity index (χ0n) is 15.9. The molecule has 2 heterocycles. The molecule has 0 saturated carbocycles. The average molecular weight is 364 g/mol. The molecule has 4 nitrogen and oxygen atoms in total. The lowest BCUT2D eigenvalue weighted by molar-refractivity contribution is -0.126. The van der Waals surface area contributed by atoms with Gasteiger partial charge in [0.2, 0.25) is 5.91 Å². The number of nitrogens with zero attached hydrogens (tertiary/aromatic N) is 2. The molecule has 2 aliphatic heterocycles. The molecule has 4 rings (SSSR count). The quantitative estimate of drug-likeness (QED) is 0.884. The van der Waals surface area contributed by atoms with E-state index in [-0.39, 0.29) is 11.9 Å². The number of carbonyl (C=O) groups is 1. The van der Waals surface area contributed by atoms with Crippen molar-refractivity contribution in [1.29, 1.82) is 0 Å². The van der Waals surface area contributed by atoms with E-state index in [0.29, 0.717) is 6.04 Å². The molecule has 0 unspecified atom stereocenters. The summed E-state index contributed by atoms with van der Waals surface area (Å²) in [4.78, 5) is 17.7. The van der Waals surface area contributed by atoms with Gasteiger partial charge in [0.15, 0.2) is 0 Å². The Hall–Kier alpha value is -2.33. The van der Waals surface area contributed by atoms with Crippen molar-refractivity contribution >= 4 is 11.6 Å². The highest BCUT2D eigenvalue weighted by molar-refractivity contribution is 5.82. The largest absolute Gasteiger partial charge is 0.371 e. The van der Waals surface area contributed by atoms with Crippen molar-refractivity contribution in [1.82, 2.24) is 10.2 Å². The van der Waals surface area contributed by atoms with Crippen molar-refractivity contribution in [3.05, 3.63) is 66.2 Å². The van der Waals surface area contributed by atoms with Gasteiger partial charge in [0.05, 0.1) is 6.04 Å². The van der Waals surface area contributed by atoms with Crippen LogP contribution in [0.25, 0.3) is 0 Å². The third kappa shape index (κ3) is 4.51. The van der Waals surface area contributed by atoms with E-state index in [1.54, 1.807) is 0 Å². The molecule has 2 fully saturated rings. The second-order valence-electron chi connectivity index (χ2n) is 7.72. The van der Waals surface area contributed by atoms with Crippen LogP contribution in [0.4, 0.5) is 5.69 Å². The topological polar surface area (TPSA) is 35.6 Å². The van der Waals surface area contributed by atoms with E-state index < -0.39 is 0 Å². The van der Waals surface area contributed by atoms with Crippen molar-refractivity contribution in [2.24, 2.45) is 0 Å². The highest BCUT2D eigenvalue weighted by Crippen LogP contribution is 2.22. The predicted molar refractivity (Wildman–Crippen MR) is 110 cm³/mol. The van der Waals surface area contributed by atoms with Crippen molar-refractivity contribution in [3.63, 3.8) is 0 Å². The fourth-order valence-electron chi connectivity index (χ4n) is 4.35. The molecule has 1 amide bonds. The molecule has 0 aliphatic carbocycles. The standard InChI is InChI=1S/C23H29N3O/c27-23(22-12-7-15-26(22)18-19-8-3-1-4-9-19)24-20-13-16-25(17-14-20)21-10-5-2-6-11-21/h1-6,8-11,20,22H,7,12-18H2,(H,24,27)/t22-/m0/s1. The molecule has 2 aromatic carbocycles. The molecule has 2 aliphatic rings. The molecule has 0 spiro atoms. The summed E-state index contributed by atoms with van der Waals surface area (Å²) in [7, 11) is 0. The number of piperidine rings is 1. The van der Waals surface area contributed by atoms with E-state index in [2.05, 4.69) is 69.7 Å². The maximum atomic E-state index is 12.9. The number of hydrogen-bond donors (Lipinski definition) is 1. The highest BCUT2D eigenvalue weighted by atomic mass is 16.2. The monoisotopic (exact) mass is 363 g/mol. The number of anilines is 1. The molecule has 27 heavy (non-hydrogen) atoms. The number of carbonyl (C=O) groups excluding carboxylic acids is 1. The zero-order valence-corrected chi connectivity index (χ0v) is 15.9. The number of hydrogen-bond acceptors (Lipinski definition) is 3. The maximum absolute atomic E-state index is 12.9. The Morgan fingerprint density at radius 3 is 2.26 bits per heavy atom. The van der Waals surface area contributed by atoms with Gasteiger partial charge in [-0.25, -0.2) is 0 Å². The molecule has 142 valence electrons. The van der Waals surface area contributed by atoms with Crippen LogP contribution in [0.2, 0.25) is 0 Å². The Morgan fingerprint density at radius 2 is 1.56 bits per heavy atom. The lowest BCUT2D eigenvalue weighted by Gasteiger charge is -2.35. The van der Waals surface area contributed by atoms with Crippen LogP contribution in [0.5, 0.6) is 0 Å². The average Bonchev–Trinajstić information content (AvgIpc) is 3.18. The van der Waals surface area contributed by atoms with Gasteiger partial charge in [-0.1, -0.05) is 48.5 Å². The van der Waals surface area contributed by atoms with Crippen LogP contribution >= 0.6 is 0 Å². The van der Waals surface area contributed by atoms with Gasteiger partial charge in [-0.05, 0) is 49.9 Å². The van der Waals surface area contributed by atoms with Crippen LogP contribution in [0.3, 0.4) is 0 Å². The first-order valence-electron chi connectivity index (χ1n) is 10.2. The number of benzene rings is 2. The SMILES string of the molecule is O=C(NC1CCN(c2ccccc2)CC1)[C@@H]1CCCN1Cc1ccccc1. The molecular formula is C23H29N3O. The number of nitrogens with one attached hydrogen (secondary N) is 1. The number of para-hydroxylation sites is 1. The molecule has 4 heteroatoms. The van der Waals surface area contributed by atoms with Crippen LogP contribution < -0.4 is 10.2 Å². The molecule has 1 N–H and O–H groups in total. The van der Waals surface area contributed by atoms with E-state index in [4.69, 9.17) is 0 Å². The van der Waals surface area contributed by atoms with Crippen molar-refractivity contribution in [2.45, 2.75) is 44.3 Å². The molecule has 2 aromatic rings. The fourth-order valence-corrected chi connectivity index (χ4v) is 4.35. The second kappa shape index (κ2) is 8.57. The molecule has 1 atom stereocenters. The minimum absolute atomic E-state index is 0.0253. The Balaban J connectivity index is 1.29. The molecular weight excluding hydrogens is 334 g/mol. The first kappa shape index (κ1) is 18.1. The summed E-state index contributed by atoms with van der Waals surface area (Å²) in [5.41, 5.74) is 2.57. The van der Waals surface area contributed by atoms with Gasteiger partial charge in [-0.3, -0.25) is 9.69 Å². The molecule has 0 radical (unpaired) electrons. The summed E-state index contributed by atoms with van der Waals surface area (Å²) in [6.45, 7) is 3.89. The van der Waals surface area contributed by atoms with Crippen LogP contribution in [0.15, 0.2) is 60.7 Å². The van der Waals surface area contributed by atoms with E-state index in [9.17, 15) is 4.79 Å². The lowest BCUT2D eigenvalue weighted by atomic mass is 10.0. The van der Waals surface area contributed by atoms with Crippen LogP contribution in [0, 0.1) is 0 Å². The Kier molecular flexibility index (Phi) is 5.73. The smallest absolute Gasteiger partial charge is 0.237 e. The molecule has 2 saturated heterocycles. The minimum atomic E-state index is 0.0253. The van der Waals surface area contributed by atoms with E-state index in [0.717, 1.165) is 51.9 Å². The molecule has 0 aromatic heterocycles. The van der Waals surface area contributed by atoms with Gasteiger partial charge < -0.3 is 10.2 Å². The fraction of sp³-hybridized carbons (Fsp3) is 0.435. The normalized spacial score (nSPS) is 21.3. The van der Waals surface area contributed by atoms with Crippen LogP contribution in [0.1, 0.15) is 31.2 Å². The van der Waals surface area contributed by atoms with Crippen LogP contribution in [-0.2, 0) is 11.3 Å². The highest BCUT2D eigenvalue weighted by Gasteiger charge is 2.32. The summed E-state index contributed by atoms with van der Waals surface area (Å²) in [6, 6.07) is 21.4. The molecule has 0 bridgehead atoms. The van der Waals surface area contributed by atoms with Gasteiger partial charge in [0.25, 0.3) is 0 Å². The van der Waals surface area contributed by atoms with E-state index in [1.807, 2.05) is 6.07 Å². The van der Waals surface area contributed by atoms with Crippen LogP contribution in [-0.4, -0.2) is 42.5 Å². The maximum Gasteiger partial charge on any atom is 0.237 e. The van der Waals surface area contributed by atoms with Gasteiger partial charge in [0.1, 0.15) is 0 Å². The first-order valence-corrected chi connectivity index (χ1v) is 10.2. The van der Waals surface area contributed by atoms with Gasteiger partial charge >= 0.3 is 0 Å². The van der Waals surface area contributed by atoms with Crippen molar-refractivity contribution in [3.8, 4) is 0 Å². The minimum Gasteiger partial charge on any atom is -0.371 e. The van der Waals surface area contributed by atoms with Gasteiger partial charge in [-0.15, -0.1) is 0 Å². The van der Waals surface area contributed by atoms with Crippen molar-refractivity contribution < 1.29 is 4.79 Å². The number of likely N-dealkylation sites (tertiary alicyclic amines) is 1. The summed E-state index contributed by atoms with van der Waals surface area (Å²) < 4.78 is 0. The predicted octanol–water partition coefficient (Wildman–Crippen LogP) is 3.44. The Bertz CT molecular complexity index is 726. The first-order chi connectivity index (χ1) is 13.3. The third-order valence-corrected chi connectivity index (χ3v) is 5.86. The Morgan fingerprint density at radius 1 is 0.889 bits per heavy atom. The number of amides is 1. The summed E-state index contributed by atoms with van der Waals surface area (Å²) in [5, 5.41) is 3.34. The summed E-state index contributed by atoms with van der Waals surface area (Å²) >= 11 is 0. The van der Waals surface area contributed by atoms with Gasteiger partial charge in [-0.2, -0.15) is 0 Å². The van der Waals surface area contributed by atoms with Crippen molar-refractivity contribution in [2.75, 3.05) is 24.5 Å². The second-order valence-corrected chi connectivity index (χ2v) is 7.72. The van der Waals surface area contributed by atoms with Gasteiger partial charge in [0, 0.05) is 31.4 Å². The van der Waals surface area contributed by atoms with E-state index >= 15 is 0 Å². The summed E-state index contributed by atoms with van der Waals surface area (Å²) in [6.07, 6.45) is 4.12.